The molecule has 0 aliphatic heterocycles. The number of hydrogen-bond donors (Lipinski definition) is 2. The van der Waals surface area contributed by atoms with Crippen LogP contribution in [-0.4, -0.2) is 16.0 Å². The first-order valence-corrected chi connectivity index (χ1v) is 6.14. The summed E-state index contributed by atoms with van der Waals surface area (Å²) in [5.41, 5.74) is 5.49. The third-order valence-corrected chi connectivity index (χ3v) is 3.47. The molecule has 0 saturated heterocycles. The molecule has 2 rings (SSSR count). The zero-order chi connectivity index (χ0) is 13.1. The van der Waals surface area contributed by atoms with Crippen LogP contribution in [0.25, 0.3) is 0 Å². The first kappa shape index (κ1) is 12.8. The van der Waals surface area contributed by atoms with E-state index in [9.17, 15) is 4.79 Å². The molecule has 0 aliphatic carbocycles. The monoisotopic (exact) mass is 284 g/mol. The molecule has 5 nitrogen and oxygen atoms in total. The number of thiazole rings is 1. The van der Waals surface area contributed by atoms with Crippen LogP contribution in [0.15, 0.2) is 24.3 Å². The van der Waals surface area contributed by atoms with Crippen LogP contribution >= 0.6 is 22.9 Å². The maximum absolute atomic E-state index is 11.2. The van der Waals surface area contributed by atoms with Crippen LogP contribution in [0.5, 0.6) is 10.9 Å². The van der Waals surface area contributed by atoms with E-state index in [0.29, 0.717) is 10.6 Å². The Bertz CT molecular complexity index is 585. The number of ether oxygens (including phenoxy) is 1. The van der Waals surface area contributed by atoms with E-state index in [1.807, 2.05) is 0 Å². The highest BCUT2D eigenvalue weighted by atomic mass is 35.5. The lowest BCUT2D eigenvalue weighted by Gasteiger charge is -2.05. The van der Waals surface area contributed by atoms with Gasteiger partial charge in [-0.15, -0.1) is 0 Å². The molecule has 0 fully saturated rings. The van der Waals surface area contributed by atoms with E-state index in [0.717, 1.165) is 11.3 Å². The van der Waals surface area contributed by atoms with Crippen molar-refractivity contribution in [1.29, 1.82) is 0 Å². The molecule has 1 aromatic carbocycles. The van der Waals surface area contributed by atoms with E-state index < -0.39 is 5.91 Å². The standard InChI is InChI=1S/C11H9ClN2O3S/c12-9-8(5-15)18-11(14-9)17-7-4-2-1-3-6(7)10(13)16/h1-4,15H,5H2,(H2,13,16). The second-order valence-electron chi connectivity index (χ2n) is 3.31. The number of para-hydroxylation sites is 1. The van der Waals surface area contributed by atoms with Crippen LogP contribution < -0.4 is 10.5 Å². The molecule has 1 amide bonds. The second-order valence-corrected chi connectivity index (χ2v) is 4.72. The fourth-order valence-electron chi connectivity index (χ4n) is 1.31. The Labute approximate surface area is 112 Å². The van der Waals surface area contributed by atoms with E-state index in [1.54, 1.807) is 24.3 Å². The number of carbonyl (C=O) groups is 1. The van der Waals surface area contributed by atoms with Gasteiger partial charge in [-0.1, -0.05) is 35.1 Å². The molecule has 2 aromatic rings. The van der Waals surface area contributed by atoms with Crippen molar-refractivity contribution in [2.75, 3.05) is 0 Å². The zero-order valence-electron chi connectivity index (χ0n) is 9.09. The van der Waals surface area contributed by atoms with Gasteiger partial charge >= 0.3 is 0 Å². The van der Waals surface area contributed by atoms with Crippen molar-refractivity contribution in [1.82, 2.24) is 4.98 Å². The first-order valence-electron chi connectivity index (χ1n) is 4.94. The first-order chi connectivity index (χ1) is 8.61. The Morgan fingerprint density at radius 3 is 2.83 bits per heavy atom. The molecule has 0 aliphatic rings. The van der Waals surface area contributed by atoms with Gasteiger partial charge in [0, 0.05) is 0 Å². The molecule has 0 spiro atoms. The summed E-state index contributed by atoms with van der Waals surface area (Å²) < 4.78 is 5.45. The number of hydrogen-bond acceptors (Lipinski definition) is 5. The van der Waals surface area contributed by atoms with Crippen LogP contribution in [0.3, 0.4) is 0 Å². The predicted molar refractivity (Wildman–Crippen MR) is 68.1 cm³/mol. The quantitative estimate of drug-likeness (QED) is 0.901. The Kier molecular flexibility index (Phi) is 3.81. The van der Waals surface area contributed by atoms with Gasteiger partial charge in [-0.05, 0) is 12.1 Å². The number of primary amides is 1. The molecule has 0 radical (unpaired) electrons. The number of benzene rings is 1. The number of amides is 1. The Hall–Kier alpha value is -1.63. The van der Waals surface area contributed by atoms with Gasteiger partial charge in [-0.2, -0.15) is 4.98 Å². The smallest absolute Gasteiger partial charge is 0.280 e. The van der Waals surface area contributed by atoms with Crippen molar-refractivity contribution >= 4 is 28.8 Å². The minimum Gasteiger partial charge on any atom is -0.430 e. The average Bonchev–Trinajstić information content (AvgIpc) is 2.70. The van der Waals surface area contributed by atoms with Crippen LogP contribution in [0.1, 0.15) is 15.2 Å². The van der Waals surface area contributed by atoms with Gasteiger partial charge in [-0.3, -0.25) is 4.79 Å². The Balaban J connectivity index is 2.31. The van der Waals surface area contributed by atoms with Crippen molar-refractivity contribution in [3.63, 3.8) is 0 Å². The van der Waals surface area contributed by atoms with E-state index in [-0.39, 0.29) is 22.5 Å². The number of rotatable bonds is 4. The summed E-state index contributed by atoms with van der Waals surface area (Å²) in [6.45, 7) is -0.211. The van der Waals surface area contributed by atoms with Crippen molar-refractivity contribution in [3.8, 4) is 10.9 Å². The molecule has 0 bridgehead atoms. The Morgan fingerprint density at radius 2 is 2.22 bits per heavy atom. The summed E-state index contributed by atoms with van der Waals surface area (Å²) in [5.74, 6) is -0.282. The lowest BCUT2D eigenvalue weighted by Crippen LogP contribution is -2.11. The summed E-state index contributed by atoms with van der Waals surface area (Å²) in [6.07, 6.45) is 0. The summed E-state index contributed by atoms with van der Waals surface area (Å²) >= 11 is 6.89. The third kappa shape index (κ3) is 2.61. The van der Waals surface area contributed by atoms with Crippen LogP contribution in [-0.2, 0) is 6.61 Å². The van der Waals surface area contributed by atoms with Crippen molar-refractivity contribution in [2.24, 2.45) is 5.73 Å². The Morgan fingerprint density at radius 1 is 1.50 bits per heavy atom. The molecule has 3 N–H and O–H groups in total. The molecule has 0 saturated carbocycles. The SMILES string of the molecule is NC(=O)c1ccccc1Oc1nc(Cl)c(CO)s1. The van der Waals surface area contributed by atoms with E-state index in [1.165, 1.54) is 0 Å². The lowest BCUT2D eigenvalue weighted by molar-refractivity contribution is 0.0998. The third-order valence-electron chi connectivity index (χ3n) is 2.12. The average molecular weight is 285 g/mol. The number of nitrogens with zero attached hydrogens (tertiary/aromatic N) is 1. The molecule has 1 aromatic heterocycles. The number of aliphatic hydroxyl groups excluding tert-OH is 1. The van der Waals surface area contributed by atoms with Gasteiger partial charge in [0.1, 0.15) is 10.9 Å². The molecular formula is C11H9ClN2O3S. The number of aromatic nitrogens is 1. The van der Waals surface area contributed by atoms with E-state index in [2.05, 4.69) is 4.98 Å². The summed E-state index contributed by atoms with van der Waals surface area (Å²) in [5, 5.41) is 9.43. The fourth-order valence-corrected chi connectivity index (χ4v) is 2.28. The summed E-state index contributed by atoms with van der Waals surface area (Å²) in [7, 11) is 0. The van der Waals surface area contributed by atoms with Gasteiger partial charge in [0.25, 0.3) is 11.1 Å². The van der Waals surface area contributed by atoms with E-state index >= 15 is 0 Å². The van der Waals surface area contributed by atoms with Gasteiger partial charge < -0.3 is 15.6 Å². The number of nitrogens with two attached hydrogens (primary N) is 1. The minimum absolute atomic E-state index is 0.189. The topological polar surface area (TPSA) is 85.4 Å². The van der Waals surface area contributed by atoms with Crippen LogP contribution in [0.2, 0.25) is 5.15 Å². The molecule has 1 heterocycles. The second kappa shape index (κ2) is 5.34. The highest BCUT2D eigenvalue weighted by molar-refractivity contribution is 7.13. The highest BCUT2D eigenvalue weighted by Crippen LogP contribution is 2.33. The van der Waals surface area contributed by atoms with Crippen LogP contribution in [0, 0.1) is 0 Å². The highest BCUT2D eigenvalue weighted by Gasteiger charge is 2.13. The molecule has 7 heteroatoms. The van der Waals surface area contributed by atoms with Gasteiger partial charge in [0.15, 0.2) is 0 Å². The van der Waals surface area contributed by atoms with Gasteiger partial charge in [0.2, 0.25) is 0 Å². The maximum Gasteiger partial charge on any atom is 0.280 e. The predicted octanol–water partition coefficient (Wildman–Crippen LogP) is 2.18. The molecule has 94 valence electrons. The summed E-state index contributed by atoms with van der Waals surface area (Å²) in [4.78, 5) is 15.6. The van der Waals surface area contributed by atoms with Crippen LogP contribution in [0.4, 0.5) is 0 Å². The van der Waals surface area contributed by atoms with E-state index in [4.69, 9.17) is 27.2 Å². The number of aliphatic hydroxyl groups is 1. The molecule has 0 unspecified atom stereocenters. The van der Waals surface area contributed by atoms with Gasteiger partial charge in [-0.25, -0.2) is 0 Å². The van der Waals surface area contributed by atoms with Gasteiger partial charge in [0.05, 0.1) is 17.0 Å². The van der Waals surface area contributed by atoms with Crippen molar-refractivity contribution < 1.29 is 14.6 Å². The fraction of sp³-hybridized carbons (Fsp3) is 0.0909. The lowest BCUT2D eigenvalue weighted by atomic mass is 10.2. The molecule has 18 heavy (non-hydrogen) atoms. The largest absolute Gasteiger partial charge is 0.430 e. The zero-order valence-corrected chi connectivity index (χ0v) is 10.7. The van der Waals surface area contributed by atoms with Crippen molar-refractivity contribution in [3.05, 3.63) is 39.9 Å². The molecular weight excluding hydrogens is 276 g/mol. The normalized spacial score (nSPS) is 10.3. The maximum atomic E-state index is 11.2. The van der Waals surface area contributed by atoms with Crippen molar-refractivity contribution in [2.45, 2.75) is 6.61 Å². The number of halogens is 1. The number of carbonyl (C=O) groups excluding carboxylic acids is 1. The minimum atomic E-state index is -0.587. The molecule has 0 atom stereocenters. The summed E-state index contributed by atoms with van der Waals surface area (Å²) in [6, 6.07) is 6.55.